The number of carbonyl (C=O) groups is 1. The van der Waals surface area contributed by atoms with Crippen LogP contribution in [-0.2, 0) is 6.42 Å². The van der Waals surface area contributed by atoms with Crippen LogP contribution in [0.3, 0.4) is 0 Å². The van der Waals surface area contributed by atoms with Crippen molar-refractivity contribution in [3.8, 4) is 0 Å². The van der Waals surface area contributed by atoms with Gasteiger partial charge in [0.05, 0.1) is 0 Å². The number of nitrogens with one attached hydrogen (secondary N) is 1. The average molecular weight is 368 g/mol. The van der Waals surface area contributed by atoms with E-state index < -0.39 is 0 Å². The summed E-state index contributed by atoms with van der Waals surface area (Å²) in [6, 6.07) is 8.01. The zero-order valence-electron chi connectivity index (χ0n) is 12.1. The van der Waals surface area contributed by atoms with Gasteiger partial charge in [-0.25, -0.2) is 9.78 Å². The molecule has 2 amide bonds. The molecule has 0 aliphatic heterocycles. The van der Waals surface area contributed by atoms with E-state index in [4.69, 9.17) is 0 Å². The number of nitrogens with zero attached hydrogens (tertiary/aromatic N) is 2. The Hall–Kier alpha value is -1.40. The lowest BCUT2D eigenvalue weighted by Crippen LogP contribution is -2.31. The first-order valence-corrected chi connectivity index (χ1v) is 8.41. The molecule has 2 aromatic rings. The molecular weight excluding hydrogens is 350 g/mol. The fourth-order valence-electron chi connectivity index (χ4n) is 1.90. The Morgan fingerprint density at radius 2 is 2.19 bits per heavy atom. The number of thiazole rings is 1. The van der Waals surface area contributed by atoms with Crippen molar-refractivity contribution in [1.29, 1.82) is 0 Å². The zero-order valence-corrected chi connectivity index (χ0v) is 14.5. The quantitative estimate of drug-likeness (QED) is 0.852. The number of aromatic nitrogens is 1. The molecule has 0 unspecified atom stereocenters. The maximum atomic E-state index is 11.9. The molecule has 1 aromatic carbocycles. The van der Waals surface area contributed by atoms with Crippen molar-refractivity contribution in [2.45, 2.75) is 19.8 Å². The molecule has 1 aromatic heterocycles. The first-order chi connectivity index (χ1) is 10.1. The molecule has 0 spiro atoms. The third-order valence-electron chi connectivity index (χ3n) is 3.00. The summed E-state index contributed by atoms with van der Waals surface area (Å²) in [6.45, 7) is 2.78. The van der Waals surface area contributed by atoms with Gasteiger partial charge in [0.15, 0.2) is 5.13 Å². The molecule has 0 bridgehead atoms. The van der Waals surface area contributed by atoms with Crippen LogP contribution >= 0.6 is 27.3 Å². The fraction of sp³-hybridized carbons (Fsp3) is 0.333. The highest BCUT2D eigenvalue weighted by Gasteiger charge is 2.11. The summed E-state index contributed by atoms with van der Waals surface area (Å²) in [7, 11) is 1.79. The lowest BCUT2D eigenvalue weighted by atomic mass is 10.1. The highest BCUT2D eigenvalue weighted by Crippen LogP contribution is 2.25. The highest BCUT2D eigenvalue weighted by molar-refractivity contribution is 9.10. The van der Waals surface area contributed by atoms with Gasteiger partial charge in [0, 0.05) is 35.6 Å². The van der Waals surface area contributed by atoms with Gasteiger partial charge in [0.1, 0.15) is 0 Å². The highest BCUT2D eigenvalue weighted by atomic mass is 79.9. The molecular formula is C15H18BrN3OS. The molecule has 0 radical (unpaired) electrons. The predicted molar refractivity (Wildman–Crippen MR) is 91.0 cm³/mol. The minimum Gasteiger partial charge on any atom is -0.328 e. The molecule has 0 atom stereocenters. The zero-order chi connectivity index (χ0) is 15.2. The number of halogens is 1. The second-order valence-corrected chi connectivity index (χ2v) is 6.72. The SMILES string of the molecule is CCCN(C)C(=O)Nc1ncc(Cc2ccccc2Br)s1. The van der Waals surface area contributed by atoms with Crippen LogP contribution in [0.2, 0.25) is 0 Å². The largest absolute Gasteiger partial charge is 0.328 e. The van der Waals surface area contributed by atoms with E-state index in [1.807, 2.05) is 31.3 Å². The van der Waals surface area contributed by atoms with E-state index in [1.165, 1.54) is 16.9 Å². The van der Waals surface area contributed by atoms with E-state index in [2.05, 4.69) is 32.3 Å². The third kappa shape index (κ3) is 4.54. The lowest BCUT2D eigenvalue weighted by Gasteiger charge is -2.15. The Labute approximate surface area is 137 Å². The smallest absolute Gasteiger partial charge is 0.323 e. The summed E-state index contributed by atoms with van der Waals surface area (Å²) in [5.41, 5.74) is 1.21. The summed E-state index contributed by atoms with van der Waals surface area (Å²) in [5.74, 6) is 0. The number of hydrogen-bond acceptors (Lipinski definition) is 3. The van der Waals surface area contributed by atoms with Crippen LogP contribution in [-0.4, -0.2) is 29.5 Å². The number of benzene rings is 1. The Balaban J connectivity index is 1.99. The average Bonchev–Trinajstić information content (AvgIpc) is 2.89. The van der Waals surface area contributed by atoms with Crippen LogP contribution in [0.5, 0.6) is 0 Å². The molecule has 21 heavy (non-hydrogen) atoms. The molecule has 0 aliphatic rings. The van der Waals surface area contributed by atoms with E-state index in [9.17, 15) is 4.79 Å². The standard InChI is InChI=1S/C15H18BrN3OS/c1-3-8-19(2)15(20)18-14-17-10-12(21-14)9-11-6-4-5-7-13(11)16/h4-7,10H,3,8-9H2,1-2H3,(H,17,18,20). The van der Waals surface area contributed by atoms with Gasteiger partial charge in [-0.1, -0.05) is 41.1 Å². The Kier molecular flexibility index (Phi) is 5.76. The second kappa shape index (κ2) is 7.56. The first kappa shape index (κ1) is 16.0. The van der Waals surface area contributed by atoms with Crippen molar-refractivity contribution in [2.24, 2.45) is 0 Å². The first-order valence-electron chi connectivity index (χ1n) is 6.80. The van der Waals surface area contributed by atoms with Gasteiger partial charge in [0.25, 0.3) is 0 Å². The van der Waals surface area contributed by atoms with Crippen LogP contribution in [0, 0.1) is 0 Å². The van der Waals surface area contributed by atoms with Crippen molar-refractivity contribution < 1.29 is 4.79 Å². The maximum absolute atomic E-state index is 11.9. The number of rotatable bonds is 5. The van der Waals surface area contributed by atoms with Crippen molar-refractivity contribution in [3.63, 3.8) is 0 Å². The molecule has 2 rings (SSSR count). The molecule has 6 heteroatoms. The van der Waals surface area contributed by atoms with Gasteiger partial charge in [-0.15, -0.1) is 11.3 Å². The second-order valence-electron chi connectivity index (χ2n) is 4.75. The monoisotopic (exact) mass is 367 g/mol. The normalized spacial score (nSPS) is 10.4. The number of carbonyl (C=O) groups excluding carboxylic acids is 1. The molecule has 1 N–H and O–H groups in total. The predicted octanol–water partition coefficient (Wildman–Crippen LogP) is 4.37. The lowest BCUT2D eigenvalue weighted by molar-refractivity contribution is 0.222. The van der Waals surface area contributed by atoms with Gasteiger partial charge >= 0.3 is 6.03 Å². The van der Waals surface area contributed by atoms with E-state index >= 15 is 0 Å². The number of amides is 2. The van der Waals surface area contributed by atoms with Crippen molar-refractivity contribution >= 4 is 38.4 Å². The molecule has 0 fully saturated rings. The Morgan fingerprint density at radius 3 is 2.90 bits per heavy atom. The van der Waals surface area contributed by atoms with Crippen molar-refractivity contribution in [3.05, 3.63) is 45.4 Å². The maximum Gasteiger partial charge on any atom is 0.323 e. The van der Waals surface area contributed by atoms with Gasteiger partial charge in [-0.2, -0.15) is 0 Å². The number of anilines is 1. The van der Waals surface area contributed by atoms with Crippen LogP contribution in [0.1, 0.15) is 23.8 Å². The van der Waals surface area contributed by atoms with E-state index in [-0.39, 0.29) is 6.03 Å². The van der Waals surface area contributed by atoms with Crippen molar-refractivity contribution in [2.75, 3.05) is 18.9 Å². The molecule has 0 saturated heterocycles. The summed E-state index contributed by atoms with van der Waals surface area (Å²) in [6.07, 6.45) is 3.56. The topological polar surface area (TPSA) is 45.2 Å². The molecule has 1 heterocycles. The number of urea groups is 1. The van der Waals surface area contributed by atoms with Crippen LogP contribution < -0.4 is 5.32 Å². The van der Waals surface area contributed by atoms with Gasteiger partial charge in [0.2, 0.25) is 0 Å². The van der Waals surface area contributed by atoms with Gasteiger partial charge < -0.3 is 4.90 Å². The Bertz CT molecular complexity index is 614. The van der Waals surface area contributed by atoms with Crippen molar-refractivity contribution in [1.82, 2.24) is 9.88 Å². The molecule has 112 valence electrons. The van der Waals surface area contributed by atoms with E-state index in [0.29, 0.717) is 5.13 Å². The van der Waals surface area contributed by atoms with E-state index in [0.717, 1.165) is 28.7 Å². The fourth-order valence-corrected chi connectivity index (χ4v) is 3.15. The van der Waals surface area contributed by atoms with Crippen LogP contribution in [0.4, 0.5) is 9.93 Å². The van der Waals surface area contributed by atoms with Crippen LogP contribution in [0.15, 0.2) is 34.9 Å². The van der Waals surface area contributed by atoms with Crippen LogP contribution in [0.25, 0.3) is 0 Å². The summed E-state index contributed by atoms with van der Waals surface area (Å²) in [4.78, 5) is 18.9. The minimum atomic E-state index is -0.112. The van der Waals surface area contributed by atoms with E-state index in [1.54, 1.807) is 11.9 Å². The van der Waals surface area contributed by atoms with Gasteiger partial charge in [-0.3, -0.25) is 5.32 Å². The third-order valence-corrected chi connectivity index (χ3v) is 4.68. The minimum absolute atomic E-state index is 0.112. The molecule has 0 saturated carbocycles. The van der Waals surface area contributed by atoms with Gasteiger partial charge in [-0.05, 0) is 18.1 Å². The molecule has 4 nitrogen and oxygen atoms in total. The summed E-state index contributed by atoms with van der Waals surface area (Å²) >= 11 is 5.05. The summed E-state index contributed by atoms with van der Waals surface area (Å²) < 4.78 is 1.09. The number of hydrogen-bond donors (Lipinski definition) is 1. The Morgan fingerprint density at radius 1 is 1.43 bits per heavy atom. The molecule has 0 aliphatic carbocycles. The summed E-state index contributed by atoms with van der Waals surface area (Å²) in [5, 5.41) is 3.47.